The molecule has 3 N–H and O–H groups in total. The molecule has 0 fully saturated rings. The quantitative estimate of drug-likeness (QED) is 0.0669. The highest BCUT2D eigenvalue weighted by Crippen LogP contribution is 2.14. The number of carboxylic acids is 1. The fourth-order valence-electron chi connectivity index (χ4n) is 4.69. The zero-order chi connectivity index (χ0) is 27.5. The molecular formula is C33H66O4. The lowest BCUT2D eigenvalue weighted by Gasteiger charge is -2.03. The fourth-order valence-corrected chi connectivity index (χ4v) is 4.69. The molecule has 0 rings (SSSR count). The van der Waals surface area contributed by atoms with Crippen LogP contribution in [0.5, 0.6) is 0 Å². The zero-order valence-corrected chi connectivity index (χ0v) is 24.9. The van der Waals surface area contributed by atoms with Gasteiger partial charge in [-0.15, -0.1) is 0 Å². The van der Waals surface area contributed by atoms with Crippen LogP contribution in [-0.4, -0.2) is 27.9 Å². The number of aliphatic hydroxyl groups excluding tert-OH is 2. The van der Waals surface area contributed by atoms with Crippen molar-refractivity contribution in [2.24, 2.45) is 0 Å². The summed E-state index contributed by atoms with van der Waals surface area (Å²) in [5, 5.41) is 25.5. The molecule has 0 heterocycles. The maximum Gasteiger partial charge on any atom is 0.303 e. The van der Waals surface area contributed by atoms with E-state index in [1.54, 1.807) is 0 Å². The van der Waals surface area contributed by atoms with E-state index in [0.29, 0.717) is 13.0 Å². The standard InChI is InChI=1S/C20H40O2.C13H26O2/c1-2-3-4-5-6-7-8-9-10-11-12-13-14-15-16-17-18-19-20(21)22;14-12-10-8-6-4-2-1-3-5-7-9-11-13-15/h2-19H2,1H3,(H,21,22);10,12,14-15H,1-9,11,13H2. The van der Waals surface area contributed by atoms with Gasteiger partial charge in [0, 0.05) is 13.0 Å². The third kappa shape index (κ3) is 42.3. The first-order chi connectivity index (χ1) is 18.2. The van der Waals surface area contributed by atoms with Gasteiger partial charge in [-0.1, -0.05) is 161 Å². The van der Waals surface area contributed by atoms with Crippen molar-refractivity contribution in [3.8, 4) is 0 Å². The lowest BCUT2D eigenvalue weighted by atomic mass is 10.0. The summed E-state index contributed by atoms with van der Waals surface area (Å²) >= 11 is 0. The van der Waals surface area contributed by atoms with Gasteiger partial charge in [-0.3, -0.25) is 4.79 Å². The van der Waals surface area contributed by atoms with E-state index in [9.17, 15) is 4.79 Å². The number of rotatable bonds is 29. The second-order valence-electron chi connectivity index (χ2n) is 10.9. The zero-order valence-electron chi connectivity index (χ0n) is 24.9. The highest BCUT2D eigenvalue weighted by Gasteiger charge is 1.97. The summed E-state index contributed by atoms with van der Waals surface area (Å²) in [5.41, 5.74) is 0. The molecule has 37 heavy (non-hydrogen) atoms. The molecule has 0 amide bonds. The van der Waals surface area contributed by atoms with E-state index < -0.39 is 5.97 Å². The topological polar surface area (TPSA) is 77.8 Å². The smallest absolute Gasteiger partial charge is 0.303 e. The van der Waals surface area contributed by atoms with Gasteiger partial charge in [0.2, 0.25) is 0 Å². The molecule has 222 valence electrons. The van der Waals surface area contributed by atoms with Gasteiger partial charge in [0.25, 0.3) is 0 Å². The van der Waals surface area contributed by atoms with Crippen LogP contribution in [-0.2, 0) is 4.79 Å². The molecule has 0 aromatic rings. The number of carbonyl (C=O) groups is 1. The molecule has 0 aliphatic carbocycles. The molecule has 0 saturated heterocycles. The average Bonchev–Trinajstić information content (AvgIpc) is 2.89. The second kappa shape index (κ2) is 37.1. The normalized spacial score (nSPS) is 11.1. The Labute approximate surface area is 231 Å². The van der Waals surface area contributed by atoms with E-state index >= 15 is 0 Å². The van der Waals surface area contributed by atoms with Crippen molar-refractivity contribution in [3.63, 3.8) is 0 Å². The Hall–Kier alpha value is -1.03. The summed E-state index contributed by atoms with van der Waals surface area (Å²) in [6.45, 7) is 2.62. The van der Waals surface area contributed by atoms with E-state index in [4.69, 9.17) is 15.3 Å². The van der Waals surface area contributed by atoms with Crippen LogP contribution in [0.25, 0.3) is 0 Å². The minimum Gasteiger partial charge on any atom is -0.516 e. The van der Waals surface area contributed by atoms with Crippen LogP contribution in [0.3, 0.4) is 0 Å². The number of aliphatic hydroxyl groups is 2. The molecule has 0 aromatic heterocycles. The Morgan fingerprint density at radius 2 is 0.838 bits per heavy atom. The molecule has 0 aromatic carbocycles. The Balaban J connectivity index is 0. The first kappa shape index (κ1) is 38.1. The molecular weight excluding hydrogens is 460 g/mol. The van der Waals surface area contributed by atoms with Crippen molar-refractivity contribution < 1.29 is 20.1 Å². The van der Waals surface area contributed by atoms with E-state index in [1.165, 1.54) is 148 Å². The van der Waals surface area contributed by atoms with Crippen molar-refractivity contribution in [1.82, 2.24) is 0 Å². The molecule has 0 bridgehead atoms. The van der Waals surface area contributed by atoms with Crippen molar-refractivity contribution in [2.75, 3.05) is 6.61 Å². The maximum absolute atomic E-state index is 10.4. The molecule has 0 aliphatic heterocycles. The number of unbranched alkanes of at least 4 members (excludes halogenated alkanes) is 25. The molecule has 0 radical (unpaired) electrons. The highest BCUT2D eigenvalue weighted by atomic mass is 16.4. The van der Waals surface area contributed by atoms with Crippen LogP contribution in [0.15, 0.2) is 12.3 Å². The van der Waals surface area contributed by atoms with E-state index in [1.807, 2.05) is 6.08 Å². The van der Waals surface area contributed by atoms with Gasteiger partial charge in [-0.05, 0) is 25.7 Å². The van der Waals surface area contributed by atoms with Gasteiger partial charge < -0.3 is 15.3 Å². The minimum absolute atomic E-state index is 0.346. The van der Waals surface area contributed by atoms with Gasteiger partial charge in [0.15, 0.2) is 0 Å². The first-order valence-corrected chi connectivity index (χ1v) is 16.3. The predicted octanol–water partition coefficient (Wildman–Crippen LogP) is 11.1. The van der Waals surface area contributed by atoms with E-state index in [-0.39, 0.29) is 0 Å². The average molecular weight is 527 g/mol. The van der Waals surface area contributed by atoms with Crippen molar-refractivity contribution >= 4 is 5.97 Å². The third-order valence-electron chi connectivity index (χ3n) is 7.13. The van der Waals surface area contributed by atoms with Gasteiger partial charge in [0.05, 0.1) is 6.26 Å². The number of allylic oxidation sites excluding steroid dienone is 1. The lowest BCUT2D eigenvalue weighted by Crippen LogP contribution is -1.93. The fraction of sp³-hybridized carbons (Fsp3) is 0.909. The van der Waals surface area contributed by atoms with Crippen LogP contribution in [0.4, 0.5) is 0 Å². The van der Waals surface area contributed by atoms with Gasteiger partial charge in [0.1, 0.15) is 0 Å². The monoisotopic (exact) mass is 526 g/mol. The van der Waals surface area contributed by atoms with E-state index in [2.05, 4.69) is 6.92 Å². The number of hydrogen-bond acceptors (Lipinski definition) is 3. The van der Waals surface area contributed by atoms with Crippen LogP contribution in [0.1, 0.15) is 187 Å². The largest absolute Gasteiger partial charge is 0.516 e. The molecule has 0 aliphatic rings. The first-order valence-electron chi connectivity index (χ1n) is 16.3. The van der Waals surface area contributed by atoms with Gasteiger partial charge in [-0.25, -0.2) is 0 Å². The Kier molecular flexibility index (Phi) is 38.2. The summed E-state index contributed by atoms with van der Waals surface area (Å²) in [7, 11) is 0. The van der Waals surface area contributed by atoms with Crippen molar-refractivity contribution in [1.29, 1.82) is 0 Å². The predicted molar refractivity (Wildman–Crippen MR) is 161 cm³/mol. The maximum atomic E-state index is 10.4. The summed E-state index contributed by atoms with van der Waals surface area (Å²) in [4.78, 5) is 10.4. The Bertz CT molecular complexity index is 436. The van der Waals surface area contributed by atoms with Crippen molar-refractivity contribution in [2.45, 2.75) is 187 Å². The molecule has 0 unspecified atom stereocenters. The van der Waals surface area contributed by atoms with Gasteiger partial charge in [-0.2, -0.15) is 0 Å². The number of aliphatic carboxylic acids is 1. The summed E-state index contributed by atoms with van der Waals surface area (Å²) in [6, 6.07) is 0. The van der Waals surface area contributed by atoms with Crippen LogP contribution < -0.4 is 0 Å². The Morgan fingerprint density at radius 1 is 0.514 bits per heavy atom. The lowest BCUT2D eigenvalue weighted by molar-refractivity contribution is -0.137. The Morgan fingerprint density at radius 3 is 1.16 bits per heavy atom. The molecule has 4 heteroatoms. The summed E-state index contributed by atoms with van der Waals surface area (Å²) in [5.74, 6) is -0.652. The summed E-state index contributed by atoms with van der Waals surface area (Å²) in [6.07, 6.45) is 38.3. The molecule has 4 nitrogen and oxygen atoms in total. The molecule has 0 atom stereocenters. The number of hydrogen-bond donors (Lipinski definition) is 3. The molecule has 0 saturated carbocycles. The van der Waals surface area contributed by atoms with Gasteiger partial charge >= 0.3 is 5.97 Å². The highest BCUT2D eigenvalue weighted by molar-refractivity contribution is 5.66. The third-order valence-corrected chi connectivity index (χ3v) is 7.13. The minimum atomic E-state index is -0.652. The van der Waals surface area contributed by atoms with Crippen LogP contribution in [0, 0.1) is 0 Å². The summed E-state index contributed by atoms with van der Waals surface area (Å²) < 4.78 is 0. The van der Waals surface area contributed by atoms with E-state index in [0.717, 1.165) is 31.9 Å². The van der Waals surface area contributed by atoms with Crippen molar-refractivity contribution in [3.05, 3.63) is 12.3 Å². The number of carboxylic acid groups (broad SMARTS) is 1. The second-order valence-corrected chi connectivity index (χ2v) is 10.9. The van der Waals surface area contributed by atoms with Crippen LogP contribution in [0.2, 0.25) is 0 Å². The molecule has 0 spiro atoms. The van der Waals surface area contributed by atoms with Crippen LogP contribution >= 0.6 is 0 Å². The SMILES string of the molecule is CCCCCCCCCCCCCCCCCCCC(=O)O.OC=CCCCCCCCCCCCO.